The van der Waals surface area contributed by atoms with Gasteiger partial charge in [0.05, 0.1) is 5.92 Å². The minimum atomic E-state index is 0.0318. The second kappa shape index (κ2) is 6.24. The molecule has 0 bridgehead atoms. The van der Waals surface area contributed by atoms with Crippen molar-refractivity contribution < 1.29 is 4.79 Å². The smallest absolute Gasteiger partial charge is 0.224 e. The van der Waals surface area contributed by atoms with Gasteiger partial charge in [-0.05, 0) is 38.0 Å². The van der Waals surface area contributed by atoms with Gasteiger partial charge in [0.1, 0.15) is 0 Å². The summed E-state index contributed by atoms with van der Waals surface area (Å²) in [6.45, 7) is 6.43. The van der Waals surface area contributed by atoms with Crippen LogP contribution in [0.3, 0.4) is 0 Å². The number of hydrogen-bond donors (Lipinski definition) is 2. The number of rotatable bonds is 4. The molecule has 0 aromatic heterocycles. The molecule has 16 heavy (non-hydrogen) atoms. The van der Waals surface area contributed by atoms with E-state index in [0.29, 0.717) is 12.0 Å². The predicted molar refractivity (Wildman–Crippen MR) is 67.0 cm³/mol. The van der Waals surface area contributed by atoms with E-state index in [0.717, 1.165) is 32.1 Å². The molecule has 0 aromatic rings. The molecular formula is C13H26N2O. The van der Waals surface area contributed by atoms with Crippen LogP contribution in [0.4, 0.5) is 0 Å². The van der Waals surface area contributed by atoms with Gasteiger partial charge in [0.25, 0.3) is 0 Å². The monoisotopic (exact) mass is 226 g/mol. The number of carbonyl (C=O) groups is 1. The molecule has 94 valence electrons. The van der Waals surface area contributed by atoms with Crippen LogP contribution in [-0.2, 0) is 4.79 Å². The van der Waals surface area contributed by atoms with Gasteiger partial charge in [-0.2, -0.15) is 0 Å². The number of carbonyl (C=O) groups excluding carboxylic acids is 1. The predicted octanol–water partition coefficient (Wildman–Crippen LogP) is 2.05. The Balaban J connectivity index is 2.51. The Kier molecular flexibility index (Phi) is 5.26. The quantitative estimate of drug-likeness (QED) is 0.771. The summed E-state index contributed by atoms with van der Waals surface area (Å²) in [7, 11) is 0. The number of nitrogens with two attached hydrogens (primary N) is 1. The van der Waals surface area contributed by atoms with Crippen LogP contribution in [-0.4, -0.2) is 18.0 Å². The first-order valence-electron chi connectivity index (χ1n) is 6.64. The SMILES string of the molecule is CCC(CC)NC(=O)C1CC(C)CCC1N. The topological polar surface area (TPSA) is 55.1 Å². The van der Waals surface area contributed by atoms with Crippen LogP contribution >= 0.6 is 0 Å². The van der Waals surface area contributed by atoms with Crippen LogP contribution in [0.15, 0.2) is 0 Å². The van der Waals surface area contributed by atoms with Crippen molar-refractivity contribution in [2.45, 2.75) is 65.0 Å². The summed E-state index contributed by atoms with van der Waals surface area (Å²) in [6, 6.07) is 0.377. The Labute approximate surface area is 99.2 Å². The van der Waals surface area contributed by atoms with Crippen molar-refractivity contribution in [3.05, 3.63) is 0 Å². The number of nitrogens with one attached hydrogen (secondary N) is 1. The van der Waals surface area contributed by atoms with Crippen molar-refractivity contribution in [2.75, 3.05) is 0 Å². The van der Waals surface area contributed by atoms with Crippen molar-refractivity contribution in [1.82, 2.24) is 5.32 Å². The molecule has 1 amide bonds. The number of hydrogen-bond acceptors (Lipinski definition) is 2. The third-order valence-corrected chi connectivity index (χ3v) is 3.83. The molecule has 0 heterocycles. The van der Waals surface area contributed by atoms with E-state index >= 15 is 0 Å². The van der Waals surface area contributed by atoms with Crippen molar-refractivity contribution in [3.8, 4) is 0 Å². The zero-order chi connectivity index (χ0) is 12.1. The van der Waals surface area contributed by atoms with Crippen LogP contribution in [0, 0.1) is 11.8 Å². The maximum absolute atomic E-state index is 12.1. The average molecular weight is 226 g/mol. The summed E-state index contributed by atoms with van der Waals surface area (Å²) in [5.41, 5.74) is 6.04. The zero-order valence-corrected chi connectivity index (χ0v) is 10.8. The van der Waals surface area contributed by atoms with E-state index in [2.05, 4.69) is 26.1 Å². The normalized spacial score (nSPS) is 30.4. The van der Waals surface area contributed by atoms with E-state index in [-0.39, 0.29) is 17.9 Å². The highest BCUT2D eigenvalue weighted by atomic mass is 16.2. The fraction of sp³-hybridized carbons (Fsp3) is 0.923. The number of amides is 1. The molecule has 1 rings (SSSR count). The summed E-state index contributed by atoms with van der Waals surface area (Å²) in [5.74, 6) is 0.842. The molecule has 3 heteroatoms. The highest BCUT2D eigenvalue weighted by molar-refractivity contribution is 5.79. The molecule has 0 aromatic carbocycles. The maximum atomic E-state index is 12.1. The summed E-state index contributed by atoms with van der Waals surface area (Å²) in [5, 5.41) is 3.12. The maximum Gasteiger partial charge on any atom is 0.224 e. The Morgan fingerprint density at radius 3 is 2.56 bits per heavy atom. The molecule has 0 spiro atoms. The molecule has 3 N–H and O–H groups in total. The van der Waals surface area contributed by atoms with Crippen molar-refractivity contribution in [3.63, 3.8) is 0 Å². The fourth-order valence-corrected chi connectivity index (χ4v) is 2.51. The van der Waals surface area contributed by atoms with E-state index < -0.39 is 0 Å². The molecule has 3 atom stereocenters. The van der Waals surface area contributed by atoms with Gasteiger partial charge < -0.3 is 11.1 Å². The van der Waals surface area contributed by atoms with Crippen LogP contribution in [0.1, 0.15) is 52.9 Å². The average Bonchev–Trinajstić information content (AvgIpc) is 2.28. The van der Waals surface area contributed by atoms with E-state index in [1.807, 2.05) is 0 Å². The molecule has 0 aliphatic heterocycles. The first-order chi connectivity index (χ1) is 7.58. The Morgan fingerprint density at radius 2 is 2.00 bits per heavy atom. The molecule has 3 nitrogen and oxygen atoms in total. The van der Waals surface area contributed by atoms with Gasteiger partial charge >= 0.3 is 0 Å². The first-order valence-corrected chi connectivity index (χ1v) is 6.64. The highest BCUT2D eigenvalue weighted by Crippen LogP contribution is 2.28. The zero-order valence-electron chi connectivity index (χ0n) is 10.8. The second-order valence-electron chi connectivity index (χ2n) is 5.21. The van der Waals surface area contributed by atoms with Gasteiger partial charge in [0, 0.05) is 12.1 Å². The molecule has 1 aliphatic rings. The van der Waals surface area contributed by atoms with Crippen molar-refractivity contribution in [1.29, 1.82) is 0 Å². The Hall–Kier alpha value is -0.570. The molecule has 1 aliphatic carbocycles. The fourth-order valence-electron chi connectivity index (χ4n) is 2.51. The summed E-state index contributed by atoms with van der Waals surface area (Å²) >= 11 is 0. The second-order valence-corrected chi connectivity index (χ2v) is 5.21. The summed E-state index contributed by atoms with van der Waals surface area (Å²) in [6.07, 6.45) is 5.10. The van der Waals surface area contributed by atoms with E-state index in [1.165, 1.54) is 0 Å². The third-order valence-electron chi connectivity index (χ3n) is 3.83. The first kappa shape index (κ1) is 13.5. The van der Waals surface area contributed by atoms with E-state index in [1.54, 1.807) is 0 Å². The van der Waals surface area contributed by atoms with Gasteiger partial charge in [-0.25, -0.2) is 0 Å². The molecule has 0 saturated heterocycles. The largest absolute Gasteiger partial charge is 0.353 e. The molecule has 0 radical (unpaired) electrons. The van der Waals surface area contributed by atoms with Gasteiger partial charge in [0.15, 0.2) is 0 Å². The standard InChI is InChI=1S/C13H26N2O/c1-4-10(5-2)15-13(16)11-8-9(3)6-7-12(11)14/h9-12H,4-8,14H2,1-3H3,(H,15,16). The lowest BCUT2D eigenvalue weighted by Crippen LogP contribution is -2.47. The van der Waals surface area contributed by atoms with E-state index in [9.17, 15) is 4.79 Å². The summed E-state index contributed by atoms with van der Waals surface area (Å²) < 4.78 is 0. The molecule has 1 saturated carbocycles. The molecule has 3 unspecified atom stereocenters. The summed E-state index contributed by atoms with van der Waals surface area (Å²) in [4.78, 5) is 12.1. The van der Waals surface area contributed by atoms with Crippen LogP contribution in [0.25, 0.3) is 0 Å². The minimum absolute atomic E-state index is 0.0318. The lowest BCUT2D eigenvalue weighted by atomic mass is 9.78. The van der Waals surface area contributed by atoms with Crippen LogP contribution in [0.2, 0.25) is 0 Å². The molecule has 1 fully saturated rings. The molecular weight excluding hydrogens is 200 g/mol. The van der Waals surface area contributed by atoms with Crippen LogP contribution in [0.5, 0.6) is 0 Å². The van der Waals surface area contributed by atoms with E-state index in [4.69, 9.17) is 5.73 Å². The highest BCUT2D eigenvalue weighted by Gasteiger charge is 2.31. The minimum Gasteiger partial charge on any atom is -0.353 e. The Morgan fingerprint density at radius 1 is 1.38 bits per heavy atom. The lowest BCUT2D eigenvalue weighted by molar-refractivity contribution is -0.127. The Bertz CT molecular complexity index is 226. The van der Waals surface area contributed by atoms with Gasteiger partial charge in [-0.1, -0.05) is 20.8 Å². The third kappa shape index (κ3) is 3.48. The lowest BCUT2D eigenvalue weighted by Gasteiger charge is -2.32. The van der Waals surface area contributed by atoms with Gasteiger partial charge in [-0.15, -0.1) is 0 Å². The van der Waals surface area contributed by atoms with Crippen molar-refractivity contribution in [2.24, 2.45) is 17.6 Å². The van der Waals surface area contributed by atoms with Crippen molar-refractivity contribution >= 4 is 5.91 Å². The van der Waals surface area contributed by atoms with Crippen LogP contribution < -0.4 is 11.1 Å². The van der Waals surface area contributed by atoms with Gasteiger partial charge in [-0.3, -0.25) is 4.79 Å². The van der Waals surface area contributed by atoms with Gasteiger partial charge in [0.2, 0.25) is 5.91 Å².